The number of hydrogen-bond donors (Lipinski definition) is 0. The first-order valence-corrected chi connectivity index (χ1v) is 12.1. The van der Waals surface area contributed by atoms with E-state index in [1.54, 1.807) is 39.6 Å². The van der Waals surface area contributed by atoms with Gasteiger partial charge >= 0.3 is 6.18 Å². The number of alkyl halides is 3. The third-order valence-electron chi connectivity index (χ3n) is 6.26. The third kappa shape index (κ3) is 5.07. The van der Waals surface area contributed by atoms with Gasteiger partial charge in [-0.2, -0.15) is 28.1 Å². The summed E-state index contributed by atoms with van der Waals surface area (Å²) in [6.07, 6.45) is -1.09. The quantitative estimate of drug-likeness (QED) is 0.255. The highest BCUT2D eigenvalue weighted by Gasteiger charge is 2.35. The number of aromatic nitrogens is 6. The molecule has 0 aliphatic rings. The van der Waals surface area contributed by atoms with Crippen molar-refractivity contribution < 1.29 is 22.6 Å². The first kappa shape index (κ1) is 26.0. The summed E-state index contributed by atoms with van der Waals surface area (Å²) in [6, 6.07) is 15.5. The molecule has 0 bridgehead atoms. The van der Waals surface area contributed by atoms with E-state index in [-0.39, 0.29) is 11.6 Å². The fourth-order valence-electron chi connectivity index (χ4n) is 4.33. The number of nitrogens with zero attached hydrogens (tertiary/aromatic N) is 6. The molecule has 11 heteroatoms. The van der Waals surface area contributed by atoms with Gasteiger partial charge < -0.3 is 9.47 Å². The zero-order valence-electron chi connectivity index (χ0n) is 21.7. The number of ether oxygens (including phenoxy) is 2. The van der Waals surface area contributed by atoms with Crippen LogP contribution < -0.4 is 9.47 Å². The highest BCUT2D eigenvalue weighted by atomic mass is 19.4. The van der Waals surface area contributed by atoms with Crippen LogP contribution in [0.1, 0.15) is 18.2 Å². The molecular formula is C28H25F3N6O2. The molecule has 8 nitrogen and oxygen atoms in total. The molecule has 0 radical (unpaired) electrons. The molecule has 0 aliphatic carbocycles. The Kier molecular flexibility index (Phi) is 6.81. The van der Waals surface area contributed by atoms with Gasteiger partial charge in [-0.05, 0) is 61.0 Å². The van der Waals surface area contributed by atoms with Gasteiger partial charge in [-0.15, -0.1) is 0 Å². The number of benzene rings is 2. The summed E-state index contributed by atoms with van der Waals surface area (Å²) < 4.78 is 55.5. The molecule has 3 heterocycles. The van der Waals surface area contributed by atoms with Gasteiger partial charge in [0.25, 0.3) is 5.95 Å². The van der Waals surface area contributed by atoms with Crippen molar-refractivity contribution in [2.45, 2.75) is 19.5 Å². The molecule has 5 aromatic rings. The molecule has 0 unspecified atom stereocenters. The standard InChI is InChI=1S/C28H25F3N6O2/c1-5-22-25(17-6-10-20(38-3)11-7-17)35-37(26(22)18-8-12-21(39-4)13-9-18)27-33-23(19-15-32-36(2)16-19)14-24(34-27)28(29,30)31/h6-16H,5H2,1-4H3. The van der Waals surface area contributed by atoms with Gasteiger partial charge in [-0.3, -0.25) is 4.68 Å². The Hall–Kier alpha value is -4.67. The highest BCUT2D eigenvalue weighted by molar-refractivity contribution is 5.76. The number of aryl methyl sites for hydroxylation is 1. The monoisotopic (exact) mass is 534 g/mol. The molecule has 0 atom stereocenters. The van der Waals surface area contributed by atoms with Crippen LogP contribution in [0.25, 0.3) is 39.7 Å². The van der Waals surface area contributed by atoms with Crippen molar-refractivity contribution in [2.75, 3.05) is 14.2 Å². The maximum Gasteiger partial charge on any atom is 0.433 e. The Bertz CT molecular complexity index is 1610. The van der Waals surface area contributed by atoms with Gasteiger partial charge in [0.2, 0.25) is 0 Å². The Labute approximate surface area is 222 Å². The number of hydrogen-bond acceptors (Lipinski definition) is 6. The van der Waals surface area contributed by atoms with Crippen molar-refractivity contribution >= 4 is 0 Å². The molecule has 200 valence electrons. The molecule has 5 rings (SSSR count). The van der Waals surface area contributed by atoms with Crippen LogP contribution in [-0.2, 0) is 19.6 Å². The normalized spacial score (nSPS) is 11.6. The summed E-state index contributed by atoms with van der Waals surface area (Å²) in [7, 11) is 4.82. The maximum absolute atomic E-state index is 14.0. The van der Waals surface area contributed by atoms with Crippen LogP contribution >= 0.6 is 0 Å². The SMILES string of the molecule is CCc1c(-c2ccc(OC)cc2)nn(-c2nc(-c3cnn(C)c3)cc(C(F)(F)F)n2)c1-c1ccc(OC)cc1. The van der Waals surface area contributed by atoms with E-state index >= 15 is 0 Å². The molecule has 0 saturated heterocycles. The average molecular weight is 535 g/mol. The molecular weight excluding hydrogens is 509 g/mol. The average Bonchev–Trinajstić information content (AvgIpc) is 3.56. The Morgan fingerprint density at radius 3 is 1.97 bits per heavy atom. The van der Waals surface area contributed by atoms with Crippen molar-refractivity contribution in [3.63, 3.8) is 0 Å². The zero-order valence-corrected chi connectivity index (χ0v) is 21.7. The van der Waals surface area contributed by atoms with E-state index in [2.05, 4.69) is 15.1 Å². The lowest BCUT2D eigenvalue weighted by atomic mass is 10.00. The van der Waals surface area contributed by atoms with Crippen molar-refractivity contribution in [2.24, 2.45) is 7.05 Å². The van der Waals surface area contributed by atoms with Gasteiger partial charge in [0, 0.05) is 35.5 Å². The van der Waals surface area contributed by atoms with E-state index in [0.29, 0.717) is 34.9 Å². The van der Waals surface area contributed by atoms with Crippen LogP contribution in [0.4, 0.5) is 13.2 Å². The smallest absolute Gasteiger partial charge is 0.433 e. The first-order chi connectivity index (χ1) is 18.7. The minimum Gasteiger partial charge on any atom is -0.497 e. The summed E-state index contributed by atoms with van der Waals surface area (Å²) in [5.41, 5.74) is 2.96. The van der Waals surface area contributed by atoms with Gasteiger partial charge in [0.15, 0.2) is 5.69 Å². The largest absolute Gasteiger partial charge is 0.497 e. The Morgan fingerprint density at radius 2 is 1.46 bits per heavy atom. The fourth-order valence-corrected chi connectivity index (χ4v) is 4.33. The summed E-state index contributed by atoms with van der Waals surface area (Å²) in [5.74, 6) is 1.12. The van der Waals surface area contributed by atoms with Crippen LogP contribution in [0, 0.1) is 0 Å². The second kappa shape index (κ2) is 10.2. The summed E-state index contributed by atoms with van der Waals surface area (Å²) in [5, 5.41) is 8.87. The van der Waals surface area contributed by atoms with E-state index in [1.165, 1.54) is 15.6 Å². The first-order valence-electron chi connectivity index (χ1n) is 12.1. The van der Waals surface area contributed by atoms with E-state index < -0.39 is 11.9 Å². The number of rotatable bonds is 7. The van der Waals surface area contributed by atoms with Crippen molar-refractivity contribution in [1.82, 2.24) is 29.5 Å². The summed E-state index contributed by atoms with van der Waals surface area (Å²) >= 11 is 0. The van der Waals surface area contributed by atoms with E-state index in [4.69, 9.17) is 14.6 Å². The van der Waals surface area contributed by atoms with Crippen molar-refractivity contribution in [3.8, 4) is 51.2 Å². The van der Waals surface area contributed by atoms with E-state index in [1.807, 2.05) is 43.3 Å². The van der Waals surface area contributed by atoms with Crippen LogP contribution in [0.2, 0.25) is 0 Å². The predicted molar refractivity (Wildman–Crippen MR) is 140 cm³/mol. The number of methoxy groups -OCH3 is 2. The van der Waals surface area contributed by atoms with Gasteiger partial charge in [0.05, 0.1) is 37.5 Å². The highest BCUT2D eigenvalue weighted by Crippen LogP contribution is 2.37. The van der Waals surface area contributed by atoms with Gasteiger partial charge in [-0.25, -0.2) is 9.97 Å². The third-order valence-corrected chi connectivity index (χ3v) is 6.26. The molecule has 2 aromatic carbocycles. The van der Waals surface area contributed by atoms with Crippen LogP contribution in [-0.4, -0.2) is 43.7 Å². The molecule has 0 saturated carbocycles. The van der Waals surface area contributed by atoms with E-state index in [9.17, 15) is 13.2 Å². The molecule has 0 spiro atoms. The Balaban J connectivity index is 1.79. The molecule has 0 fully saturated rings. The second-order valence-electron chi connectivity index (χ2n) is 8.74. The molecule has 39 heavy (non-hydrogen) atoms. The fraction of sp³-hybridized carbons (Fsp3) is 0.214. The lowest BCUT2D eigenvalue weighted by molar-refractivity contribution is -0.141. The van der Waals surface area contributed by atoms with Crippen LogP contribution in [0.5, 0.6) is 11.5 Å². The molecule has 3 aromatic heterocycles. The predicted octanol–water partition coefficient (Wildman–Crippen LogP) is 6.00. The maximum atomic E-state index is 14.0. The lowest BCUT2D eigenvalue weighted by Gasteiger charge is -2.13. The minimum absolute atomic E-state index is 0.0839. The van der Waals surface area contributed by atoms with Crippen molar-refractivity contribution in [3.05, 3.63) is 78.2 Å². The van der Waals surface area contributed by atoms with Gasteiger partial charge in [0.1, 0.15) is 11.5 Å². The molecule has 0 aliphatic heterocycles. The topological polar surface area (TPSA) is 79.9 Å². The summed E-state index contributed by atoms with van der Waals surface area (Å²) in [4.78, 5) is 8.45. The van der Waals surface area contributed by atoms with Crippen LogP contribution in [0.15, 0.2) is 67.0 Å². The molecule has 0 amide bonds. The summed E-state index contributed by atoms with van der Waals surface area (Å²) in [6.45, 7) is 1.97. The lowest BCUT2D eigenvalue weighted by Crippen LogP contribution is -2.14. The zero-order chi connectivity index (χ0) is 27.7. The second-order valence-corrected chi connectivity index (χ2v) is 8.74. The van der Waals surface area contributed by atoms with Crippen molar-refractivity contribution in [1.29, 1.82) is 0 Å². The van der Waals surface area contributed by atoms with Gasteiger partial charge in [-0.1, -0.05) is 6.92 Å². The number of halogens is 3. The minimum atomic E-state index is -4.70. The Morgan fingerprint density at radius 1 is 0.846 bits per heavy atom. The van der Waals surface area contributed by atoms with Crippen LogP contribution in [0.3, 0.4) is 0 Å². The van der Waals surface area contributed by atoms with E-state index in [0.717, 1.165) is 22.8 Å². The molecule has 0 N–H and O–H groups in total.